The van der Waals surface area contributed by atoms with Crippen LogP contribution in [0.4, 0.5) is 5.69 Å². The smallest absolute Gasteiger partial charge is 0.339 e. The minimum atomic E-state index is -1.00. The third-order valence-corrected chi connectivity index (χ3v) is 8.75. The summed E-state index contributed by atoms with van der Waals surface area (Å²) in [5, 5.41) is 11.5. The molecule has 2 N–H and O–H groups in total. The van der Waals surface area contributed by atoms with Crippen LogP contribution in [-0.2, 0) is 0 Å². The fraction of sp³-hybridized carbons (Fsp3) is 0.324. The van der Waals surface area contributed by atoms with E-state index in [2.05, 4.69) is 40.8 Å². The van der Waals surface area contributed by atoms with Gasteiger partial charge in [-0.3, -0.25) is 4.90 Å². The minimum Gasteiger partial charge on any atom is -0.478 e. The van der Waals surface area contributed by atoms with E-state index >= 15 is 0 Å². The molecule has 212 valence electrons. The highest BCUT2D eigenvalue weighted by Gasteiger charge is 2.29. The zero-order valence-corrected chi connectivity index (χ0v) is 24.4. The summed E-state index contributed by atoms with van der Waals surface area (Å²) in [6, 6.07) is 21.4. The summed E-state index contributed by atoms with van der Waals surface area (Å²) in [4.78, 5) is 20.1. The maximum absolute atomic E-state index is 12.0. The Morgan fingerprint density at radius 2 is 1.78 bits per heavy atom. The van der Waals surface area contributed by atoms with Crippen LogP contribution >= 0.6 is 11.6 Å². The predicted octanol–water partition coefficient (Wildman–Crippen LogP) is 8.10. The van der Waals surface area contributed by atoms with Crippen molar-refractivity contribution >= 4 is 39.7 Å². The molecule has 0 spiro atoms. The highest BCUT2D eigenvalue weighted by Crippen LogP contribution is 2.43. The number of halogens is 1. The van der Waals surface area contributed by atoms with E-state index in [9.17, 15) is 9.90 Å². The Balaban J connectivity index is 1.18. The molecule has 0 amide bonds. The van der Waals surface area contributed by atoms with E-state index in [-0.39, 0.29) is 5.56 Å². The summed E-state index contributed by atoms with van der Waals surface area (Å²) in [6.45, 7) is 9.34. The van der Waals surface area contributed by atoms with E-state index in [0.717, 1.165) is 67.2 Å². The average molecular weight is 570 g/mol. The zero-order valence-electron chi connectivity index (χ0n) is 23.6. The Hall–Kier alpha value is -3.74. The SMILES string of the molecule is CC1(C)CCC(CN2CCN(c3ccc(C(=O)O)c(Oc4cccc5[nH]ccc45)c3)CC2)=C(c2ccc(Cl)cc2)C1. The van der Waals surface area contributed by atoms with Crippen LogP contribution in [0.25, 0.3) is 16.5 Å². The number of allylic oxidation sites excluding steroid dienone is 1. The maximum Gasteiger partial charge on any atom is 0.339 e. The van der Waals surface area contributed by atoms with Crippen LogP contribution in [0.1, 0.15) is 49.0 Å². The lowest BCUT2D eigenvalue weighted by Crippen LogP contribution is -2.47. The first kappa shape index (κ1) is 27.4. The fourth-order valence-electron chi connectivity index (χ4n) is 6.13. The third kappa shape index (κ3) is 5.99. The molecule has 41 heavy (non-hydrogen) atoms. The van der Waals surface area contributed by atoms with Crippen LogP contribution < -0.4 is 9.64 Å². The molecule has 1 aromatic heterocycles. The van der Waals surface area contributed by atoms with E-state index in [0.29, 0.717) is 16.9 Å². The molecule has 6 nitrogen and oxygen atoms in total. The number of H-pyrrole nitrogens is 1. The molecule has 1 aliphatic carbocycles. The van der Waals surface area contributed by atoms with Crippen molar-refractivity contribution in [3.05, 3.63) is 94.6 Å². The number of carbonyl (C=O) groups is 1. The summed E-state index contributed by atoms with van der Waals surface area (Å²) in [5.74, 6) is -0.0135. The number of anilines is 1. The number of aromatic carboxylic acids is 1. The van der Waals surface area contributed by atoms with Crippen LogP contribution in [0, 0.1) is 5.41 Å². The van der Waals surface area contributed by atoms with Crippen molar-refractivity contribution in [2.24, 2.45) is 5.41 Å². The maximum atomic E-state index is 12.0. The minimum absolute atomic E-state index is 0.154. The van der Waals surface area contributed by atoms with E-state index in [1.807, 2.05) is 54.7 Å². The summed E-state index contributed by atoms with van der Waals surface area (Å²) in [6.07, 6.45) is 5.26. The molecule has 3 aromatic carbocycles. The normalized spacial score (nSPS) is 17.7. The van der Waals surface area contributed by atoms with Gasteiger partial charge in [-0.2, -0.15) is 0 Å². The van der Waals surface area contributed by atoms with Crippen LogP contribution in [-0.4, -0.2) is 53.7 Å². The first-order chi connectivity index (χ1) is 19.8. The first-order valence-electron chi connectivity index (χ1n) is 14.3. The number of carboxylic acid groups (broad SMARTS) is 1. The second-order valence-corrected chi connectivity index (χ2v) is 12.4. The number of hydrogen-bond acceptors (Lipinski definition) is 4. The molecule has 0 radical (unpaired) electrons. The molecular weight excluding hydrogens is 534 g/mol. The van der Waals surface area contributed by atoms with Gasteiger partial charge in [0.15, 0.2) is 0 Å². The Morgan fingerprint density at radius 1 is 1.00 bits per heavy atom. The van der Waals surface area contributed by atoms with Crippen molar-refractivity contribution < 1.29 is 14.6 Å². The number of nitrogens with one attached hydrogen (secondary N) is 1. The molecule has 1 aliphatic heterocycles. The molecule has 0 bridgehead atoms. The number of aromatic nitrogens is 1. The molecular formula is C34H36ClN3O3. The van der Waals surface area contributed by atoms with Crippen LogP contribution in [0.2, 0.25) is 5.02 Å². The third-order valence-electron chi connectivity index (χ3n) is 8.50. The van der Waals surface area contributed by atoms with Gasteiger partial charge in [-0.25, -0.2) is 4.79 Å². The average Bonchev–Trinajstić information content (AvgIpc) is 3.45. The van der Waals surface area contributed by atoms with Gasteiger partial charge in [0.2, 0.25) is 0 Å². The Labute approximate surface area is 246 Å². The van der Waals surface area contributed by atoms with Gasteiger partial charge in [-0.1, -0.05) is 49.2 Å². The van der Waals surface area contributed by atoms with Crippen LogP contribution in [0.3, 0.4) is 0 Å². The van der Waals surface area contributed by atoms with E-state index in [1.165, 1.54) is 17.6 Å². The molecule has 4 aromatic rings. The number of aromatic amines is 1. The summed E-state index contributed by atoms with van der Waals surface area (Å²) < 4.78 is 6.22. The van der Waals surface area contributed by atoms with Crippen LogP contribution in [0.5, 0.6) is 11.5 Å². The molecule has 0 saturated carbocycles. The van der Waals surface area contributed by atoms with Gasteiger partial charge in [0, 0.05) is 66.6 Å². The van der Waals surface area contributed by atoms with Gasteiger partial charge in [0.05, 0.1) is 0 Å². The standard InChI is InChI=1S/C34H36ClN3O3/c1-34(2)14-12-24(29(21-34)23-6-8-25(35)9-7-23)22-37-16-18-38(19-17-37)26-10-11-28(33(39)40)32(20-26)41-31-5-3-4-30-27(31)13-15-36-30/h3-11,13,15,20,36H,12,14,16-19,21-22H2,1-2H3,(H,39,40). The highest BCUT2D eigenvalue weighted by atomic mass is 35.5. The summed E-state index contributed by atoms with van der Waals surface area (Å²) in [5.41, 5.74) is 6.68. The Kier molecular flexibility index (Phi) is 7.54. The summed E-state index contributed by atoms with van der Waals surface area (Å²) in [7, 11) is 0. The van der Waals surface area contributed by atoms with Crippen molar-refractivity contribution in [1.82, 2.24) is 9.88 Å². The quantitative estimate of drug-likeness (QED) is 0.235. The highest BCUT2D eigenvalue weighted by molar-refractivity contribution is 6.30. The molecule has 1 fully saturated rings. The fourth-order valence-corrected chi connectivity index (χ4v) is 6.26. The second-order valence-electron chi connectivity index (χ2n) is 12.0. The Bertz CT molecular complexity index is 1600. The van der Waals surface area contributed by atoms with Gasteiger partial charge >= 0.3 is 5.97 Å². The van der Waals surface area contributed by atoms with Gasteiger partial charge in [0.25, 0.3) is 0 Å². The van der Waals surface area contributed by atoms with Crippen molar-refractivity contribution in [2.75, 3.05) is 37.6 Å². The molecule has 0 unspecified atom stereocenters. The van der Waals surface area contributed by atoms with Crippen molar-refractivity contribution in [1.29, 1.82) is 0 Å². The topological polar surface area (TPSA) is 68.8 Å². The second kappa shape index (κ2) is 11.3. The Morgan fingerprint density at radius 3 is 2.54 bits per heavy atom. The predicted molar refractivity (Wildman–Crippen MR) is 166 cm³/mol. The van der Waals surface area contributed by atoms with Crippen LogP contribution in [0.15, 0.2) is 78.5 Å². The molecule has 2 aliphatic rings. The number of fused-ring (bicyclic) bond motifs is 1. The number of ether oxygens (including phenoxy) is 1. The number of rotatable bonds is 7. The number of carboxylic acids is 1. The number of hydrogen-bond donors (Lipinski definition) is 2. The van der Waals surface area contributed by atoms with Gasteiger partial charge in [0.1, 0.15) is 17.1 Å². The molecule has 6 rings (SSSR count). The molecule has 2 heterocycles. The van der Waals surface area contributed by atoms with E-state index in [4.69, 9.17) is 16.3 Å². The number of piperazine rings is 1. The first-order valence-corrected chi connectivity index (χ1v) is 14.7. The van der Waals surface area contributed by atoms with Gasteiger partial charge in [-0.15, -0.1) is 0 Å². The number of benzene rings is 3. The molecule has 7 heteroatoms. The largest absolute Gasteiger partial charge is 0.478 e. The van der Waals surface area contributed by atoms with E-state index < -0.39 is 5.97 Å². The lowest BCUT2D eigenvalue weighted by molar-refractivity contribution is 0.0694. The summed E-state index contributed by atoms with van der Waals surface area (Å²) >= 11 is 6.19. The lowest BCUT2D eigenvalue weighted by atomic mass is 9.72. The lowest BCUT2D eigenvalue weighted by Gasteiger charge is -2.39. The van der Waals surface area contributed by atoms with Crippen molar-refractivity contribution in [3.63, 3.8) is 0 Å². The van der Waals surface area contributed by atoms with Crippen molar-refractivity contribution in [2.45, 2.75) is 33.1 Å². The zero-order chi connectivity index (χ0) is 28.6. The van der Waals surface area contributed by atoms with Gasteiger partial charge < -0.3 is 19.7 Å². The molecule has 0 atom stereocenters. The van der Waals surface area contributed by atoms with E-state index in [1.54, 1.807) is 11.6 Å². The van der Waals surface area contributed by atoms with Crippen molar-refractivity contribution in [3.8, 4) is 11.5 Å². The molecule has 1 saturated heterocycles. The van der Waals surface area contributed by atoms with Gasteiger partial charge in [-0.05, 0) is 78.3 Å². The monoisotopic (exact) mass is 569 g/mol. The number of nitrogens with zero attached hydrogens (tertiary/aromatic N) is 2.